The summed E-state index contributed by atoms with van der Waals surface area (Å²) in [5.74, 6) is 1.79. The van der Waals surface area contributed by atoms with Gasteiger partial charge in [-0.2, -0.15) is 0 Å². The van der Waals surface area contributed by atoms with Gasteiger partial charge in [0.25, 0.3) is 5.56 Å². The second kappa shape index (κ2) is 10.9. The fraction of sp³-hybridized carbons (Fsp3) is 0.370. The third-order valence-electron chi connectivity index (χ3n) is 6.45. The number of ether oxygens (including phenoxy) is 4. The number of nitrogens with zero attached hydrogens (tertiary/aromatic N) is 3. The van der Waals surface area contributed by atoms with Crippen LogP contribution in [-0.4, -0.2) is 57.7 Å². The fourth-order valence-corrected chi connectivity index (χ4v) is 5.66. The third kappa shape index (κ3) is 4.74. The van der Waals surface area contributed by atoms with Gasteiger partial charge in [-0.3, -0.25) is 9.36 Å². The van der Waals surface area contributed by atoms with Gasteiger partial charge in [0, 0.05) is 25.2 Å². The predicted molar refractivity (Wildman–Crippen MR) is 142 cm³/mol. The number of furan rings is 1. The van der Waals surface area contributed by atoms with Crippen LogP contribution < -0.4 is 29.3 Å². The van der Waals surface area contributed by atoms with Gasteiger partial charge < -0.3 is 28.3 Å². The van der Waals surface area contributed by atoms with Gasteiger partial charge in [0.15, 0.2) is 22.2 Å². The van der Waals surface area contributed by atoms with Crippen molar-refractivity contribution in [3.8, 4) is 11.5 Å². The maximum Gasteiger partial charge on any atom is 0.338 e. The molecule has 2 aliphatic heterocycles. The van der Waals surface area contributed by atoms with E-state index in [1.807, 2.05) is 18.2 Å². The molecule has 0 bridgehead atoms. The van der Waals surface area contributed by atoms with Crippen LogP contribution in [0.2, 0.25) is 0 Å². The number of carbonyl (C=O) groups excluding carboxylic acids is 1. The van der Waals surface area contributed by atoms with Crippen LogP contribution >= 0.6 is 11.3 Å². The van der Waals surface area contributed by atoms with Gasteiger partial charge in [0.1, 0.15) is 5.76 Å². The van der Waals surface area contributed by atoms with Crippen LogP contribution in [-0.2, 0) is 14.3 Å². The molecule has 0 amide bonds. The Morgan fingerprint density at radius 3 is 2.63 bits per heavy atom. The van der Waals surface area contributed by atoms with Crippen molar-refractivity contribution in [1.29, 1.82) is 0 Å². The van der Waals surface area contributed by atoms with Crippen LogP contribution in [0.5, 0.6) is 11.5 Å². The number of hydrogen-bond donors (Lipinski definition) is 0. The van der Waals surface area contributed by atoms with E-state index >= 15 is 0 Å². The molecule has 1 fully saturated rings. The first-order valence-corrected chi connectivity index (χ1v) is 13.1. The molecule has 1 saturated heterocycles. The molecular weight excluding hydrogens is 510 g/mol. The lowest BCUT2D eigenvalue weighted by molar-refractivity contribution is -0.139. The Bertz CT molecular complexity index is 1560. The maximum atomic E-state index is 13.8. The van der Waals surface area contributed by atoms with Gasteiger partial charge in [-0.1, -0.05) is 17.4 Å². The smallest absolute Gasteiger partial charge is 0.338 e. The molecule has 1 aromatic carbocycles. The zero-order chi connectivity index (χ0) is 26.8. The highest BCUT2D eigenvalue weighted by Gasteiger charge is 2.34. The molecule has 1 atom stereocenters. The van der Waals surface area contributed by atoms with Gasteiger partial charge in [0.05, 0.1) is 55.9 Å². The standard InChI is InChI=1S/C27H29N3O7S/c1-5-36-26(32)23-16(2)28-27-30(24(23)17-6-8-19(33-3)20(14-17)34-4)25(31)21(38-27)15-18-7-9-22(37-18)29-10-12-35-13-11-29/h6-9,14-15,24H,5,10-13H2,1-4H3/b21-15-. The lowest BCUT2D eigenvalue weighted by Gasteiger charge is -2.26. The highest BCUT2D eigenvalue weighted by Crippen LogP contribution is 2.36. The van der Waals surface area contributed by atoms with E-state index in [1.54, 1.807) is 39.2 Å². The molecule has 3 aromatic rings. The number of morpholine rings is 1. The molecule has 0 N–H and O–H groups in total. The van der Waals surface area contributed by atoms with Crippen LogP contribution in [0, 0.1) is 0 Å². The zero-order valence-corrected chi connectivity index (χ0v) is 22.5. The highest BCUT2D eigenvalue weighted by molar-refractivity contribution is 7.07. The highest BCUT2D eigenvalue weighted by atomic mass is 32.1. The van der Waals surface area contributed by atoms with E-state index in [-0.39, 0.29) is 12.2 Å². The van der Waals surface area contributed by atoms with E-state index in [4.69, 9.17) is 23.4 Å². The summed E-state index contributed by atoms with van der Waals surface area (Å²) in [6.07, 6.45) is 1.71. The van der Waals surface area contributed by atoms with Crippen molar-refractivity contribution in [1.82, 2.24) is 4.57 Å². The molecular formula is C27H29N3O7S. The molecule has 38 heavy (non-hydrogen) atoms. The first-order valence-electron chi connectivity index (χ1n) is 12.3. The summed E-state index contributed by atoms with van der Waals surface area (Å²) in [5, 5.41) is 0. The molecule has 2 aliphatic rings. The normalized spacial score (nSPS) is 17.7. The summed E-state index contributed by atoms with van der Waals surface area (Å²) < 4.78 is 29.6. The number of allylic oxidation sites excluding steroid dienone is 1. The van der Waals surface area contributed by atoms with E-state index in [2.05, 4.69) is 9.89 Å². The molecule has 1 unspecified atom stereocenters. The summed E-state index contributed by atoms with van der Waals surface area (Å²) in [6.45, 7) is 6.47. The SMILES string of the molecule is CCOC(=O)C1=C(C)N=c2s/c(=C\c3ccc(N4CCOCC4)o3)c(=O)n2C1c1ccc(OC)c(OC)c1. The fourth-order valence-electron chi connectivity index (χ4n) is 4.63. The van der Waals surface area contributed by atoms with Gasteiger partial charge >= 0.3 is 5.97 Å². The second-order valence-corrected chi connectivity index (χ2v) is 9.70. The Hall–Kier alpha value is -3.83. The van der Waals surface area contributed by atoms with E-state index in [0.717, 1.165) is 19.0 Å². The maximum absolute atomic E-state index is 13.8. The van der Waals surface area contributed by atoms with Crippen LogP contribution in [0.25, 0.3) is 6.08 Å². The number of benzene rings is 1. The van der Waals surface area contributed by atoms with E-state index in [1.165, 1.54) is 23.0 Å². The van der Waals surface area contributed by atoms with E-state index in [9.17, 15) is 9.59 Å². The average Bonchev–Trinajstić information content (AvgIpc) is 3.52. The van der Waals surface area contributed by atoms with Crippen molar-refractivity contribution in [2.45, 2.75) is 19.9 Å². The quantitative estimate of drug-likeness (QED) is 0.421. The molecule has 11 heteroatoms. The number of aromatic nitrogens is 1. The largest absolute Gasteiger partial charge is 0.493 e. The minimum atomic E-state index is -0.757. The summed E-state index contributed by atoms with van der Waals surface area (Å²) in [7, 11) is 3.09. The number of rotatable bonds is 7. The van der Waals surface area contributed by atoms with Crippen LogP contribution in [0.3, 0.4) is 0 Å². The Kier molecular flexibility index (Phi) is 7.39. The van der Waals surface area contributed by atoms with Crippen LogP contribution in [0.15, 0.2) is 55.8 Å². The average molecular weight is 540 g/mol. The van der Waals surface area contributed by atoms with Crippen molar-refractivity contribution in [2.24, 2.45) is 4.99 Å². The Balaban J connectivity index is 1.63. The van der Waals surface area contributed by atoms with Gasteiger partial charge in [-0.25, -0.2) is 9.79 Å². The number of hydrogen-bond acceptors (Lipinski definition) is 10. The summed E-state index contributed by atoms with van der Waals surface area (Å²) in [5.41, 5.74) is 1.17. The lowest BCUT2D eigenvalue weighted by Crippen LogP contribution is -2.39. The number of esters is 1. The molecule has 5 rings (SSSR count). The molecule has 0 radical (unpaired) electrons. The number of anilines is 1. The molecule has 10 nitrogen and oxygen atoms in total. The predicted octanol–water partition coefficient (Wildman–Crippen LogP) is 2.25. The zero-order valence-electron chi connectivity index (χ0n) is 21.7. The summed E-state index contributed by atoms with van der Waals surface area (Å²) >= 11 is 1.24. The van der Waals surface area contributed by atoms with Crippen LogP contribution in [0.1, 0.15) is 31.2 Å². The van der Waals surface area contributed by atoms with Crippen LogP contribution in [0.4, 0.5) is 5.88 Å². The summed E-state index contributed by atoms with van der Waals surface area (Å²) in [4.78, 5) is 34.1. The van der Waals surface area contributed by atoms with Gasteiger partial charge in [-0.05, 0) is 37.6 Å². The van der Waals surface area contributed by atoms with E-state index < -0.39 is 12.0 Å². The summed E-state index contributed by atoms with van der Waals surface area (Å²) in [6, 6.07) is 8.29. The molecule has 200 valence electrons. The van der Waals surface area contributed by atoms with Crippen molar-refractivity contribution in [3.63, 3.8) is 0 Å². The number of fused-ring (bicyclic) bond motifs is 1. The van der Waals surface area contributed by atoms with E-state index in [0.29, 0.717) is 56.6 Å². The molecule has 0 spiro atoms. The van der Waals surface area contributed by atoms with Crippen molar-refractivity contribution >= 4 is 29.3 Å². The first kappa shape index (κ1) is 25.8. The van der Waals surface area contributed by atoms with Crippen molar-refractivity contribution in [3.05, 3.63) is 72.6 Å². The number of methoxy groups -OCH3 is 2. The lowest BCUT2D eigenvalue weighted by atomic mass is 9.95. The van der Waals surface area contributed by atoms with Gasteiger partial charge in [-0.15, -0.1) is 0 Å². The number of thiazole rings is 1. The molecule has 0 aliphatic carbocycles. The Morgan fingerprint density at radius 2 is 1.92 bits per heavy atom. The Morgan fingerprint density at radius 1 is 1.16 bits per heavy atom. The molecule has 2 aromatic heterocycles. The Labute approximate surface area is 223 Å². The molecule has 4 heterocycles. The first-order chi connectivity index (χ1) is 18.4. The monoisotopic (exact) mass is 539 g/mol. The topological polar surface area (TPSA) is 105 Å². The minimum absolute atomic E-state index is 0.197. The third-order valence-corrected chi connectivity index (χ3v) is 7.43. The minimum Gasteiger partial charge on any atom is -0.493 e. The van der Waals surface area contributed by atoms with Gasteiger partial charge in [0.2, 0.25) is 0 Å². The van der Waals surface area contributed by atoms with Crippen molar-refractivity contribution in [2.75, 3.05) is 52.0 Å². The van der Waals surface area contributed by atoms with Crippen molar-refractivity contribution < 1.29 is 28.2 Å². The number of carbonyl (C=O) groups is 1. The second-order valence-electron chi connectivity index (χ2n) is 8.69. The molecule has 0 saturated carbocycles.